The van der Waals surface area contributed by atoms with Gasteiger partial charge in [0, 0.05) is 30.6 Å². The maximum Gasteiger partial charge on any atom is 0.228 e. The molecule has 2 fully saturated rings. The first-order valence-corrected chi connectivity index (χ1v) is 12.0. The predicted molar refractivity (Wildman–Crippen MR) is 123 cm³/mol. The Bertz CT molecular complexity index is 891. The molecule has 6 heteroatoms. The van der Waals surface area contributed by atoms with E-state index in [1.807, 2.05) is 12.1 Å². The Balaban J connectivity index is 1.48. The maximum atomic E-state index is 13.4. The van der Waals surface area contributed by atoms with Crippen molar-refractivity contribution in [3.8, 4) is 0 Å². The van der Waals surface area contributed by atoms with Crippen LogP contribution in [0, 0.1) is 18.8 Å². The summed E-state index contributed by atoms with van der Waals surface area (Å²) in [4.78, 5) is 26.4. The summed E-state index contributed by atoms with van der Waals surface area (Å²) in [5.74, 6) is 0.177. The van der Waals surface area contributed by atoms with E-state index in [4.69, 9.17) is 9.26 Å². The molecule has 2 atom stereocenters. The van der Waals surface area contributed by atoms with Gasteiger partial charge in [0.1, 0.15) is 6.26 Å². The first-order chi connectivity index (χ1) is 15.6. The van der Waals surface area contributed by atoms with Gasteiger partial charge in [0.05, 0.1) is 17.9 Å². The van der Waals surface area contributed by atoms with Crippen LogP contribution in [0.3, 0.4) is 0 Å². The highest BCUT2D eigenvalue weighted by molar-refractivity contribution is 6.01. The topological polar surface area (TPSA) is 81.4 Å². The summed E-state index contributed by atoms with van der Waals surface area (Å²) in [6.45, 7) is 3.34. The van der Waals surface area contributed by atoms with Crippen LogP contribution in [-0.4, -0.2) is 30.1 Å². The van der Waals surface area contributed by atoms with Gasteiger partial charge in [0.25, 0.3) is 0 Å². The van der Waals surface area contributed by atoms with Crippen molar-refractivity contribution in [2.24, 2.45) is 11.8 Å². The number of rotatable bonds is 7. The van der Waals surface area contributed by atoms with Crippen LogP contribution in [0.1, 0.15) is 85.3 Å². The maximum absolute atomic E-state index is 13.4. The van der Waals surface area contributed by atoms with Crippen molar-refractivity contribution in [1.29, 1.82) is 0 Å². The van der Waals surface area contributed by atoms with Crippen LogP contribution in [0.4, 0.5) is 5.69 Å². The summed E-state index contributed by atoms with van der Waals surface area (Å²) in [5.41, 5.74) is 3.09. The molecule has 1 aromatic carbocycles. The van der Waals surface area contributed by atoms with Crippen LogP contribution in [0.2, 0.25) is 0 Å². The van der Waals surface area contributed by atoms with Crippen LogP contribution < -0.4 is 5.32 Å². The molecule has 2 heterocycles. The van der Waals surface area contributed by atoms with Crippen molar-refractivity contribution in [2.75, 3.05) is 18.5 Å². The molecular formula is C26H34N2O4. The van der Waals surface area contributed by atoms with Gasteiger partial charge < -0.3 is 14.6 Å². The Morgan fingerprint density at radius 2 is 1.78 bits per heavy atom. The average Bonchev–Trinajstić information content (AvgIpc) is 3.45. The van der Waals surface area contributed by atoms with Crippen molar-refractivity contribution in [3.63, 3.8) is 0 Å². The zero-order valence-electron chi connectivity index (χ0n) is 19.0. The number of carbonyl (C=O) groups is 2. The number of ether oxygens (including phenoxy) is 1. The fourth-order valence-corrected chi connectivity index (χ4v) is 5.10. The molecule has 1 amide bonds. The van der Waals surface area contributed by atoms with Gasteiger partial charge in [-0.25, -0.2) is 0 Å². The summed E-state index contributed by atoms with van der Waals surface area (Å²) in [6, 6.07) is 8.08. The second-order valence-corrected chi connectivity index (χ2v) is 9.32. The molecule has 2 aromatic rings. The number of anilines is 1. The van der Waals surface area contributed by atoms with Crippen molar-refractivity contribution in [3.05, 3.63) is 47.3 Å². The van der Waals surface area contributed by atoms with Crippen LogP contribution in [0.25, 0.3) is 0 Å². The van der Waals surface area contributed by atoms with E-state index in [2.05, 4.69) is 22.6 Å². The minimum absolute atomic E-state index is 0.0602. The fraction of sp³-hybridized carbons (Fsp3) is 0.577. The number of aromatic nitrogens is 1. The van der Waals surface area contributed by atoms with E-state index in [9.17, 15) is 9.59 Å². The van der Waals surface area contributed by atoms with Crippen molar-refractivity contribution < 1.29 is 18.8 Å². The second-order valence-electron chi connectivity index (χ2n) is 9.32. The number of nitrogens with zero attached hydrogens (tertiary/aromatic N) is 1. The predicted octanol–water partition coefficient (Wildman–Crippen LogP) is 5.68. The number of nitrogens with one attached hydrogen (secondary N) is 1. The summed E-state index contributed by atoms with van der Waals surface area (Å²) in [6.07, 6.45) is 10.5. The Morgan fingerprint density at radius 3 is 2.41 bits per heavy atom. The van der Waals surface area contributed by atoms with Gasteiger partial charge in [-0.2, -0.15) is 0 Å². The van der Waals surface area contributed by atoms with Gasteiger partial charge in [0.2, 0.25) is 5.91 Å². The van der Waals surface area contributed by atoms with Gasteiger partial charge in [-0.1, -0.05) is 49.4 Å². The molecule has 172 valence electrons. The lowest BCUT2D eigenvalue weighted by Crippen LogP contribution is -2.32. The van der Waals surface area contributed by atoms with E-state index in [0.29, 0.717) is 17.2 Å². The molecule has 2 unspecified atom stereocenters. The molecule has 1 saturated carbocycles. The number of hydrogen-bond donors (Lipinski definition) is 1. The van der Waals surface area contributed by atoms with Crippen molar-refractivity contribution in [2.45, 2.75) is 70.6 Å². The third kappa shape index (κ3) is 5.66. The largest absolute Gasteiger partial charge is 0.381 e. The SMILES string of the molecule is Cc1nocc1C(=O)CC(C(=O)Nc1ccc(C2CCOC2)cc1)C1CCCCCCC1. The zero-order chi connectivity index (χ0) is 22.3. The van der Waals surface area contributed by atoms with E-state index >= 15 is 0 Å². The van der Waals surface area contributed by atoms with Crippen LogP contribution in [0.5, 0.6) is 0 Å². The number of aryl methyl sites for hydroxylation is 1. The van der Waals surface area contributed by atoms with E-state index in [1.165, 1.54) is 31.1 Å². The lowest BCUT2D eigenvalue weighted by Gasteiger charge is -2.27. The van der Waals surface area contributed by atoms with E-state index in [1.54, 1.807) is 6.92 Å². The van der Waals surface area contributed by atoms with E-state index < -0.39 is 0 Å². The Morgan fingerprint density at radius 1 is 1.06 bits per heavy atom. The lowest BCUT2D eigenvalue weighted by atomic mass is 9.78. The Labute approximate surface area is 190 Å². The molecule has 6 nitrogen and oxygen atoms in total. The first-order valence-electron chi connectivity index (χ1n) is 12.0. The standard InChI is InChI=1S/C26H34N2O4/c1-18-24(17-32-28-18)25(29)15-23(20-7-5-3-2-4-6-8-20)26(30)27-22-11-9-19(10-12-22)21-13-14-31-16-21/h9-12,17,20-21,23H,2-8,13-16H2,1H3,(H,27,30). The van der Waals surface area contributed by atoms with Gasteiger partial charge in [-0.05, 0) is 49.8 Å². The third-order valence-electron chi connectivity index (χ3n) is 7.09. The summed E-state index contributed by atoms with van der Waals surface area (Å²) >= 11 is 0. The van der Waals surface area contributed by atoms with Gasteiger partial charge >= 0.3 is 0 Å². The fourth-order valence-electron chi connectivity index (χ4n) is 5.10. The van der Waals surface area contributed by atoms with E-state index in [-0.39, 0.29) is 29.9 Å². The highest BCUT2D eigenvalue weighted by Crippen LogP contribution is 2.33. The van der Waals surface area contributed by atoms with Crippen molar-refractivity contribution >= 4 is 17.4 Å². The molecule has 0 spiro atoms. The number of hydrogen-bond acceptors (Lipinski definition) is 5. The van der Waals surface area contributed by atoms with E-state index in [0.717, 1.165) is 51.0 Å². The average molecular weight is 439 g/mol. The molecule has 1 saturated heterocycles. The summed E-state index contributed by atoms with van der Waals surface area (Å²) < 4.78 is 10.4. The minimum atomic E-state index is -0.349. The molecular weight excluding hydrogens is 404 g/mol. The number of amides is 1. The normalized spacial score (nSPS) is 21.0. The Kier molecular flexibility index (Phi) is 7.74. The first kappa shape index (κ1) is 22.7. The quantitative estimate of drug-likeness (QED) is 0.563. The van der Waals surface area contributed by atoms with Gasteiger partial charge in [-0.3, -0.25) is 9.59 Å². The third-order valence-corrected chi connectivity index (χ3v) is 7.09. The molecule has 1 aromatic heterocycles. The molecule has 0 bridgehead atoms. The monoisotopic (exact) mass is 438 g/mol. The number of carbonyl (C=O) groups excluding carboxylic acids is 2. The molecule has 1 aliphatic carbocycles. The number of ketones is 1. The highest BCUT2D eigenvalue weighted by Gasteiger charge is 2.32. The van der Waals surface area contributed by atoms with Crippen LogP contribution >= 0.6 is 0 Å². The summed E-state index contributed by atoms with van der Waals surface area (Å²) in [7, 11) is 0. The molecule has 1 aliphatic heterocycles. The zero-order valence-corrected chi connectivity index (χ0v) is 19.0. The van der Waals surface area contributed by atoms with Gasteiger partial charge in [0.15, 0.2) is 5.78 Å². The minimum Gasteiger partial charge on any atom is -0.381 e. The smallest absolute Gasteiger partial charge is 0.228 e. The molecule has 2 aliphatic rings. The summed E-state index contributed by atoms with van der Waals surface area (Å²) in [5, 5.41) is 6.93. The van der Waals surface area contributed by atoms with Gasteiger partial charge in [-0.15, -0.1) is 0 Å². The number of Topliss-reactive ketones (excluding diaryl/α,β-unsaturated/α-hetero) is 1. The highest BCUT2D eigenvalue weighted by atomic mass is 16.5. The molecule has 32 heavy (non-hydrogen) atoms. The second kappa shape index (κ2) is 10.9. The van der Waals surface area contributed by atoms with Crippen LogP contribution in [0.15, 0.2) is 35.1 Å². The lowest BCUT2D eigenvalue weighted by molar-refractivity contribution is -0.121. The van der Waals surface area contributed by atoms with Crippen LogP contribution in [-0.2, 0) is 9.53 Å². The van der Waals surface area contributed by atoms with Crippen molar-refractivity contribution in [1.82, 2.24) is 5.16 Å². The molecule has 0 radical (unpaired) electrons. The Hall–Kier alpha value is -2.47. The molecule has 4 rings (SSSR count). The number of benzene rings is 1. The molecule has 1 N–H and O–H groups in total.